The Morgan fingerprint density at radius 1 is 1.25 bits per heavy atom. The Kier molecular flexibility index (Phi) is 3.42. The summed E-state index contributed by atoms with van der Waals surface area (Å²) < 4.78 is 0. The fraction of sp³-hybridized carbons (Fsp3) is 0.562. The van der Waals surface area contributed by atoms with Gasteiger partial charge in [0.1, 0.15) is 5.75 Å². The van der Waals surface area contributed by atoms with Crippen LogP contribution in [-0.2, 0) is 0 Å². The topological polar surface area (TPSA) is 43.8 Å². The highest BCUT2D eigenvalue weighted by atomic mass is 16.3. The molecular formula is C16H22N2O2. The van der Waals surface area contributed by atoms with Gasteiger partial charge in [-0.2, -0.15) is 0 Å². The molecule has 0 aromatic heterocycles. The van der Waals surface area contributed by atoms with Crippen molar-refractivity contribution in [2.24, 2.45) is 5.92 Å². The molecule has 0 spiro atoms. The molecule has 4 rings (SSSR count). The maximum atomic E-state index is 12.7. The molecule has 4 heteroatoms. The summed E-state index contributed by atoms with van der Waals surface area (Å²) in [5.41, 5.74) is 1.44. The maximum Gasteiger partial charge on any atom is 0.257 e. The number of hydrogen-bond donors (Lipinski definition) is 1. The molecule has 1 aromatic carbocycles. The Balaban J connectivity index is 1.85. The van der Waals surface area contributed by atoms with Gasteiger partial charge in [0.15, 0.2) is 0 Å². The zero-order valence-electron chi connectivity index (χ0n) is 12.2. The van der Waals surface area contributed by atoms with Crippen molar-refractivity contribution >= 4 is 5.91 Å². The monoisotopic (exact) mass is 274 g/mol. The van der Waals surface area contributed by atoms with E-state index in [4.69, 9.17) is 0 Å². The van der Waals surface area contributed by atoms with Crippen molar-refractivity contribution in [2.75, 3.05) is 26.7 Å². The van der Waals surface area contributed by atoms with E-state index in [1.165, 1.54) is 12.8 Å². The number of benzene rings is 1. The second-order valence-corrected chi connectivity index (χ2v) is 6.27. The van der Waals surface area contributed by atoms with E-state index in [1.807, 2.05) is 17.9 Å². The minimum absolute atomic E-state index is 0.0293. The number of nitrogens with zero attached hydrogens (tertiary/aromatic N) is 2. The fourth-order valence-corrected chi connectivity index (χ4v) is 3.47. The van der Waals surface area contributed by atoms with Gasteiger partial charge in [-0.05, 0) is 44.9 Å². The summed E-state index contributed by atoms with van der Waals surface area (Å²) in [5, 5.41) is 9.95. The zero-order valence-corrected chi connectivity index (χ0v) is 12.2. The van der Waals surface area contributed by atoms with Crippen molar-refractivity contribution in [1.82, 2.24) is 9.80 Å². The van der Waals surface area contributed by atoms with Crippen LogP contribution in [0, 0.1) is 12.8 Å². The van der Waals surface area contributed by atoms with Gasteiger partial charge in [0, 0.05) is 25.7 Å². The minimum Gasteiger partial charge on any atom is -0.507 e. The van der Waals surface area contributed by atoms with Gasteiger partial charge in [-0.3, -0.25) is 4.79 Å². The van der Waals surface area contributed by atoms with Crippen molar-refractivity contribution in [3.8, 4) is 5.75 Å². The van der Waals surface area contributed by atoms with Crippen molar-refractivity contribution in [2.45, 2.75) is 25.8 Å². The Morgan fingerprint density at radius 2 is 2.05 bits per heavy atom. The Bertz CT molecular complexity index is 529. The van der Waals surface area contributed by atoms with E-state index in [2.05, 4.69) is 11.9 Å². The molecular weight excluding hydrogens is 252 g/mol. The third-order valence-electron chi connectivity index (χ3n) is 4.66. The van der Waals surface area contributed by atoms with Crippen LogP contribution in [0.25, 0.3) is 0 Å². The van der Waals surface area contributed by atoms with Crippen LogP contribution < -0.4 is 0 Å². The van der Waals surface area contributed by atoms with E-state index in [0.29, 0.717) is 17.5 Å². The average Bonchev–Trinajstić information content (AvgIpc) is 2.72. The number of piperidine rings is 1. The van der Waals surface area contributed by atoms with E-state index in [1.54, 1.807) is 12.1 Å². The molecule has 0 saturated carbocycles. The van der Waals surface area contributed by atoms with Crippen LogP contribution in [0.15, 0.2) is 18.2 Å². The van der Waals surface area contributed by atoms with Gasteiger partial charge >= 0.3 is 0 Å². The Labute approximate surface area is 120 Å². The summed E-state index contributed by atoms with van der Waals surface area (Å²) in [7, 11) is 2.15. The molecule has 0 unspecified atom stereocenters. The first-order valence-electron chi connectivity index (χ1n) is 7.33. The number of aromatic hydroxyl groups is 1. The van der Waals surface area contributed by atoms with Crippen molar-refractivity contribution in [1.29, 1.82) is 0 Å². The number of phenols is 1. The predicted octanol–water partition coefficient (Wildman–Crippen LogP) is 1.87. The van der Waals surface area contributed by atoms with Crippen LogP contribution in [-0.4, -0.2) is 53.5 Å². The number of aryl methyl sites for hydroxylation is 1. The molecule has 4 nitrogen and oxygen atoms in total. The number of fused-ring (bicyclic) bond motifs is 4. The second kappa shape index (κ2) is 5.09. The van der Waals surface area contributed by atoms with Crippen LogP contribution >= 0.6 is 0 Å². The molecule has 3 heterocycles. The fourth-order valence-electron chi connectivity index (χ4n) is 3.47. The number of carbonyl (C=O) groups is 1. The van der Waals surface area contributed by atoms with Crippen molar-refractivity contribution in [3.05, 3.63) is 29.3 Å². The number of phenolic OH excluding ortho intramolecular Hbond substituents is 1. The summed E-state index contributed by atoms with van der Waals surface area (Å²) in [6.07, 6.45) is 2.38. The third-order valence-corrected chi connectivity index (χ3v) is 4.66. The van der Waals surface area contributed by atoms with Crippen molar-refractivity contribution in [3.63, 3.8) is 0 Å². The smallest absolute Gasteiger partial charge is 0.257 e. The highest BCUT2D eigenvalue weighted by molar-refractivity contribution is 5.97. The minimum atomic E-state index is -0.0293. The molecule has 3 fully saturated rings. The highest BCUT2D eigenvalue weighted by Crippen LogP contribution is 2.29. The van der Waals surface area contributed by atoms with Gasteiger partial charge in [-0.1, -0.05) is 11.6 Å². The molecule has 3 saturated heterocycles. The zero-order chi connectivity index (χ0) is 14.3. The molecule has 0 aliphatic carbocycles. The summed E-state index contributed by atoms with van der Waals surface area (Å²) in [4.78, 5) is 17.0. The summed E-state index contributed by atoms with van der Waals surface area (Å²) >= 11 is 0. The predicted molar refractivity (Wildman–Crippen MR) is 77.9 cm³/mol. The summed E-state index contributed by atoms with van der Waals surface area (Å²) in [5.74, 6) is 0.624. The van der Waals surface area contributed by atoms with E-state index in [-0.39, 0.29) is 11.7 Å². The standard InChI is InChI=1S/C16H22N2O2/c1-11-3-6-15(19)14(7-11)16(20)18-9-12-4-5-13(10-18)17(2)8-12/h3,6-7,12-13,19H,4-5,8-10H2,1-2H3/t12-,13-/m1/s1. The molecule has 108 valence electrons. The van der Waals surface area contributed by atoms with Crippen LogP contribution in [0.4, 0.5) is 0 Å². The molecule has 2 atom stereocenters. The number of carbonyl (C=O) groups excluding carboxylic acids is 1. The Morgan fingerprint density at radius 3 is 2.80 bits per heavy atom. The molecule has 2 bridgehead atoms. The van der Waals surface area contributed by atoms with Crippen molar-refractivity contribution < 1.29 is 9.90 Å². The summed E-state index contributed by atoms with van der Waals surface area (Å²) in [6.45, 7) is 4.61. The first kappa shape index (κ1) is 13.4. The van der Waals surface area contributed by atoms with E-state index < -0.39 is 0 Å². The first-order valence-corrected chi connectivity index (χ1v) is 7.33. The largest absolute Gasteiger partial charge is 0.507 e. The molecule has 20 heavy (non-hydrogen) atoms. The summed E-state index contributed by atoms with van der Waals surface area (Å²) in [6, 6.07) is 5.69. The lowest BCUT2D eigenvalue weighted by Gasteiger charge is -2.32. The second-order valence-electron chi connectivity index (χ2n) is 6.27. The molecule has 1 N–H and O–H groups in total. The number of likely N-dealkylation sites (N-methyl/N-ethyl adjacent to an activating group) is 1. The molecule has 0 radical (unpaired) electrons. The quantitative estimate of drug-likeness (QED) is 0.850. The molecule has 1 aromatic rings. The van der Waals surface area contributed by atoms with Gasteiger partial charge in [-0.15, -0.1) is 0 Å². The molecule has 1 amide bonds. The third kappa shape index (κ3) is 2.40. The van der Waals surface area contributed by atoms with Crippen LogP contribution in [0.5, 0.6) is 5.75 Å². The van der Waals surface area contributed by atoms with Gasteiger partial charge in [0.2, 0.25) is 0 Å². The lowest BCUT2D eigenvalue weighted by atomic mass is 9.96. The van der Waals surface area contributed by atoms with Gasteiger partial charge in [-0.25, -0.2) is 0 Å². The first-order chi connectivity index (χ1) is 9.54. The van der Waals surface area contributed by atoms with E-state index in [0.717, 1.165) is 25.2 Å². The van der Waals surface area contributed by atoms with Crippen LogP contribution in [0.1, 0.15) is 28.8 Å². The lowest BCUT2D eigenvalue weighted by molar-refractivity contribution is 0.0739. The van der Waals surface area contributed by atoms with Crippen LogP contribution in [0.2, 0.25) is 0 Å². The molecule has 3 aliphatic rings. The van der Waals surface area contributed by atoms with Gasteiger partial charge < -0.3 is 14.9 Å². The lowest BCUT2D eigenvalue weighted by Crippen LogP contribution is -2.41. The van der Waals surface area contributed by atoms with Crippen LogP contribution in [0.3, 0.4) is 0 Å². The van der Waals surface area contributed by atoms with Gasteiger partial charge in [0.25, 0.3) is 5.91 Å². The normalized spacial score (nSPS) is 26.6. The molecule has 3 aliphatic heterocycles. The van der Waals surface area contributed by atoms with Gasteiger partial charge in [0.05, 0.1) is 5.56 Å². The number of rotatable bonds is 1. The maximum absolute atomic E-state index is 12.7. The van der Waals surface area contributed by atoms with E-state index >= 15 is 0 Å². The highest BCUT2D eigenvalue weighted by Gasteiger charge is 2.35. The Hall–Kier alpha value is -1.55. The SMILES string of the molecule is Cc1ccc(O)c(C(=O)N2C[C@@H]3CC[C@H](C2)N(C)C3)c1. The van der Waals surface area contributed by atoms with E-state index in [9.17, 15) is 9.90 Å². The number of amides is 1. The average molecular weight is 274 g/mol. The number of hydrogen-bond acceptors (Lipinski definition) is 3.